The smallest absolute Gasteiger partial charge is 0.0606 e. The third-order valence-electron chi connectivity index (χ3n) is 0.333. The predicted octanol–water partition coefficient (Wildman–Crippen LogP) is 4.57. The summed E-state index contributed by atoms with van der Waals surface area (Å²) in [6.45, 7) is 12.5. The third-order valence-corrected chi connectivity index (χ3v) is 0.333. The monoisotopic (exact) mass is 206 g/mol. The standard InChI is InChI=1S/2C3H8.C2H6B2.2CH4.H3P/c2*1-3-2;1-3-4-2;;;/h2*3H2,1-2H3;1-2H3;2*1H4;1H3. The maximum atomic E-state index is 2.12. The molecule has 13 heavy (non-hydrogen) atoms. The molecule has 0 aliphatic heterocycles. The summed E-state index contributed by atoms with van der Waals surface area (Å²) in [4.78, 5) is 0. The highest BCUT2D eigenvalue weighted by molar-refractivity contribution is 6.99. The minimum atomic E-state index is 0. The first-order valence-electron chi connectivity index (χ1n) is 4.32. The maximum Gasteiger partial charge on any atom is 0.0606 e. The molecule has 3 heteroatoms. The van der Waals surface area contributed by atoms with Gasteiger partial charge in [-0.2, -0.15) is 9.90 Å². The summed E-state index contributed by atoms with van der Waals surface area (Å²) in [5, 5.41) is 0. The van der Waals surface area contributed by atoms with E-state index in [9.17, 15) is 0 Å². The first-order chi connectivity index (χ1) is 4.74. The van der Waals surface area contributed by atoms with Crippen LogP contribution in [0.4, 0.5) is 0 Å². The van der Waals surface area contributed by atoms with Crippen molar-refractivity contribution in [3.8, 4) is 0 Å². The summed E-state index contributed by atoms with van der Waals surface area (Å²) in [6, 6.07) is 0. The van der Waals surface area contributed by atoms with E-state index in [2.05, 4.69) is 27.7 Å². The van der Waals surface area contributed by atoms with Gasteiger partial charge in [0.2, 0.25) is 0 Å². The molecule has 0 spiro atoms. The molecule has 0 bridgehead atoms. The largest absolute Gasteiger partial charge is 0.153 e. The van der Waals surface area contributed by atoms with Crippen LogP contribution in [0.2, 0.25) is 13.6 Å². The molecule has 0 saturated heterocycles. The summed E-state index contributed by atoms with van der Waals surface area (Å²) in [5.74, 6) is 0. The molecule has 0 nitrogen and oxygen atoms in total. The van der Waals surface area contributed by atoms with E-state index in [1.165, 1.54) is 12.8 Å². The molecule has 0 aliphatic carbocycles. The molecule has 0 amide bonds. The van der Waals surface area contributed by atoms with Crippen molar-refractivity contribution in [1.29, 1.82) is 0 Å². The summed E-state index contributed by atoms with van der Waals surface area (Å²) < 4.78 is 0. The van der Waals surface area contributed by atoms with Crippen LogP contribution in [0.1, 0.15) is 55.4 Å². The van der Waals surface area contributed by atoms with Crippen LogP contribution in [0.15, 0.2) is 0 Å². The second kappa shape index (κ2) is 80.7. The Kier molecular flexibility index (Phi) is 232. The van der Waals surface area contributed by atoms with E-state index in [0.29, 0.717) is 0 Å². The van der Waals surface area contributed by atoms with Crippen molar-refractivity contribution in [1.82, 2.24) is 0 Å². The van der Waals surface area contributed by atoms with Gasteiger partial charge in [-0.05, 0) is 0 Å². The molecule has 0 N–H and O–H groups in total. The van der Waals surface area contributed by atoms with E-state index in [0.717, 1.165) is 0 Å². The Balaban J connectivity index is -0.0000000128. The quantitative estimate of drug-likeness (QED) is 0.435. The van der Waals surface area contributed by atoms with Gasteiger partial charge in [-0.25, -0.2) is 0 Å². The van der Waals surface area contributed by atoms with Crippen molar-refractivity contribution in [2.24, 2.45) is 0 Å². The van der Waals surface area contributed by atoms with Crippen LogP contribution < -0.4 is 0 Å². The van der Waals surface area contributed by atoms with Gasteiger partial charge in [0.15, 0.2) is 0 Å². The predicted molar refractivity (Wildman–Crippen MR) is 79.7 cm³/mol. The fourth-order valence-electron chi connectivity index (χ4n) is 0. The molecular formula is C10H33B2P. The van der Waals surface area contributed by atoms with E-state index in [-0.39, 0.29) is 24.8 Å². The van der Waals surface area contributed by atoms with Gasteiger partial charge in [-0.15, -0.1) is 0 Å². The van der Waals surface area contributed by atoms with Crippen LogP contribution in [0.5, 0.6) is 0 Å². The maximum absolute atomic E-state index is 2.12. The lowest BCUT2D eigenvalue weighted by Gasteiger charge is -1.60. The molecule has 0 rings (SSSR count). The Morgan fingerprint density at radius 1 is 0.692 bits per heavy atom. The summed E-state index contributed by atoms with van der Waals surface area (Å²) >= 11 is 0. The minimum Gasteiger partial charge on any atom is -0.153 e. The van der Waals surface area contributed by atoms with Gasteiger partial charge in [0.05, 0.1) is 14.3 Å². The van der Waals surface area contributed by atoms with Gasteiger partial charge in [0, 0.05) is 0 Å². The lowest BCUT2D eigenvalue weighted by Crippen LogP contribution is -1.86. The lowest BCUT2D eigenvalue weighted by molar-refractivity contribution is 1.09. The molecule has 0 saturated carbocycles. The van der Waals surface area contributed by atoms with E-state index in [1.54, 1.807) is 0 Å². The zero-order valence-corrected chi connectivity index (χ0v) is 10.7. The Morgan fingerprint density at radius 2 is 0.769 bits per heavy atom. The minimum absolute atomic E-state index is 0. The zero-order chi connectivity index (χ0) is 8.83. The second-order valence-corrected chi connectivity index (χ2v) is 2.08. The van der Waals surface area contributed by atoms with Crippen LogP contribution in [-0.2, 0) is 0 Å². The van der Waals surface area contributed by atoms with Gasteiger partial charge >= 0.3 is 0 Å². The first kappa shape index (κ1) is 37.4. The summed E-state index contributed by atoms with van der Waals surface area (Å²) in [5.41, 5.74) is 0. The highest BCUT2D eigenvalue weighted by atomic mass is 31.0. The van der Waals surface area contributed by atoms with E-state index in [1.807, 2.05) is 28.0 Å². The van der Waals surface area contributed by atoms with E-state index >= 15 is 0 Å². The van der Waals surface area contributed by atoms with Gasteiger partial charge in [-0.3, -0.25) is 0 Å². The number of hydrogen-bond donors (Lipinski definition) is 0. The average molecular weight is 206 g/mol. The Hall–Kier alpha value is 0.560. The van der Waals surface area contributed by atoms with Crippen molar-refractivity contribution < 1.29 is 0 Å². The highest BCUT2D eigenvalue weighted by Gasteiger charge is 1.64. The number of rotatable bonds is 1. The Bertz CT molecular complexity index is 24.9. The summed E-state index contributed by atoms with van der Waals surface area (Å²) in [7, 11) is 4.00. The van der Waals surface area contributed by atoms with Gasteiger partial charge in [0.1, 0.15) is 0 Å². The van der Waals surface area contributed by atoms with Crippen molar-refractivity contribution in [2.75, 3.05) is 0 Å². The van der Waals surface area contributed by atoms with Crippen molar-refractivity contribution in [3.63, 3.8) is 0 Å². The molecule has 1 atom stereocenters. The van der Waals surface area contributed by atoms with Crippen molar-refractivity contribution >= 4 is 24.2 Å². The first-order valence-corrected chi connectivity index (χ1v) is 4.32. The topological polar surface area (TPSA) is 0 Å². The molecule has 0 aliphatic rings. The van der Waals surface area contributed by atoms with Crippen molar-refractivity contribution in [2.45, 2.75) is 69.0 Å². The molecule has 0 heterocycles. The van der Waals surface area contributed by atoms with Crippen molar-refractivity contribution in [3.05, 3.63) is 0 Å². The van der Waals surface area contributed by atoms with Gasteiger partial charge in [-0.1, -0.05) is 69.0 Å². The molecule has 0 aromatic carbocycles. The number of hydrogen-bond acceptors (Lipinski definition) is 0. The fraction of sp³-hybridized carbons (Fsp3) is 1.00. The average Bonchev–Trinajstić information content (AvgIpc) is 1.91. The zero-order valence-electron chi connectivity index (χ0n) is 9.28. The van der Waals surface area contributed by atoms with E-state index < -0.39 is 0 Å². The molecule has 84 valence electrons. The third kappa shape index (κ3) is 576. The molecule has 0 fully saturated rings. The SMILES string of the molecule is C.C.CCC.CCC.C[B][B]C.P. The molecule has 0 aromatic heterocycles. The van der Waals surface area contributed by atoms with Crippen LogP contribution in [-0.4, -0.2) is 14.3 Å². The van der Waals surface area contributed by atoms with E-state index in [4.69, 9.17) is 0 Å². The van der Waals surface area contributed by atoms with Crippen LogP contribution in [0.3, 0.4) is 0 Å². The van der Waals surface area contributed by atoms with Gasteiger partial charge < -0.3 is 0 Å². The molecule has 2 radical (unpaired) electrons. The van der Waals surface area contributed by atoms with Gasteiger partial charge in [0.25, 0.3) is 0 Å². The molecule has 1 unspecified atom stereocenters. The normalized spacial score (nSPS) is 4.46. The second-order valence-electron chi connectivity index (χ2n) is 2.08. The highest BCUT2D eigenvalue weighted by Crippen LogP contribution is 1.56. The van der Waals surface area contributed by atoms with Crippen LogP contribution in [0, 0.1) is 0 Å². The van der Waals surface area contributed by atoms with Crippen LogP contribution in [0.25, 0.3) is 0 Å². The van der Waals surface area contributed by atoms with Crippen LogP contribution >= 0.6 is 9.90 Å². The molecule has 0 aromatic rings. The lowest BCUT2D eigenvalue weighted by atomic mass is 9.43. The Morgan fingerprint density at radius 3 is 0.769 bits per heavy atom. The fourth-order valence-corrected chi connectivity index (χ4v) is 0. The Labute approximate surface area is 93.8 Å². The molecular weight excluding hydrogens is 173 g/mol. The summed E-state index contributed by atoms with van der Waals surface area (Å²) in [6.07, 6.45) is 2.50.